The number of imidazole rings is 1. The zero-order valence-electron chi connectivity index (χ0n) is 18.7. The Labute approximate surface area is 183 Å². The highest BCUT2D eigenvalue weighted by Crippen LogP contribution is 2.37. The molecule has 1 aliphatic rings. The van der Waals surface area contributed by atoms with Crippen molar-refractivity contribution in [2.75, 3.05) is 20.3 Å². The van der Waals surface area contributed by atoms with E-state index in [4.69, 9.17) is 14.5 Å². The standard InChI is InChI=1S/C25H31N3O3/c1-17(2)28-22-8-6-5-7-21(22)27-23(28)18(3)26-24(29)25(13-15-31-16-14-25)19-9-11-20(30-4)12-10-19/h5-12,17-18H,13-16H2,1-4H3,(H,26,29). The molecule has 0 aliphatic carbocycles. The molecule has 1 aromatic heterocycles. The third-order valence-corrected chi connectivity index (χ3v) is 6.30. The Balaban J connectivity index is 1.66. The predicted molar refractivity (Wildman–Crippen MR) is 121 cm³/mol. The second-order valence-electron chi connectivity index (χ2n) is 8.54. The summed E-state index contributed by atoms with van der Waals surface area (Å²) >= 11 is 0. The zero-order valence-corrected chi connectivity index (χ0v) is 18.7. The summed E-state index contributed by atoms with van der Waals surface area (Å²) in [6, 6.07) is 16.0. The summed E-state index contributed by atoms with van der Waals surface area (Å²) in [5.74, 6) is 1.68. The van der Waals surface area contributed by atoms with Crippen LogP contribution in [0.5, 0.6) is 5.75 Å². The molecule has 4 rings (SSSR count). The van der Waals surface area contributed by atoms with E-state index in [0.29, 0.717) is 26.1 Å². The predicted octanol–water partition coefficient (Wildman–Crippen LogP) is 4.55. The molecule has 1 fully saturated rings. The van der Waals surface area contributed by atoms with Crippen molar-refractivity contribution in [3.63, 3.8) is 0 Å². The van der Waals surface area contributed by atoms with Gasteiger partial charge in [0.1, 0.15) is 11.6 Å². The molecule has 31 heavy (non-hydrogen) atoms. The van der Waals surface area contributed by atoms with Crippen molar-refractivity contribution >= 4 is 16.9 Å². The van der Waals surface area contributed by atoms with E-state index in [1.165, 1.54) is 0 Å². The average molecular weight is 422 g/mol. The van der Waals surface area contributed by atoms with Gasteiger partial charge in [-0.2, -0.15) is 0 Å². The summed E-state index contributed by atoms with van der Waals surface area (Å²) in [5, 5.41) is 3.28. The fraction of sp³-hybridized carbons (Fsp3) is 0.440. The normalized spacial score (nSPS) is 16.9. The SMILES string of the molecule is COc1ccc(C2(C(=O)NC(C)c3nc4ccccc4n3C(C)C)CCOCC2)cc1. The van der Waals surface area contributed by atoms with Gasteiger partial charge in [0.25, 0.3) is 0 Å². The lowest BCUT2D eigenvalue weighted by Crippen LogP contribution is -2.49. The summed E-state index contributed by atoms with van der Waals surface area (Å²) in [7, 11) is 1.65. The van der Waals surface area contributed by atoms with Gasteiger partial charge in [0.2, 0.25) is 5.91 Å². The van der Waals surface area contributed by atoms with E-state index in [1.807, 2.05) is 49.4 Å². The van der Waals surface area contributed by atoms with Crippen LogP contribution in [0.15, 0.2) is 48.5 Å². The van der Waals surface area contributed by atoms with E-state index < -0.39 is 5.41 Å². The van der Waals surface area contributed by atoms with Gasteiger partial charge >= 0.3 is 0 Å². The average Bonchev–Trinajstić information content (AvgIpc) is 3.19. The van der Waals surface area contributed by atoms with Crippen molar-refractivity contribution in [1.82, 2.24) is 14.9 Å². The molecule has 1 atom stereocenters. The van der Waals surface area contributed by atoms with E-state index in [2.05, 4.69) is 29.8 Å². The number of carbonyl (C=O) groups is 1. The minimum atomic E-state index is -0.618. The van der Waals surface area contributed by atoms with E-state index in [1.54, 1.807) is 7.11 Å². The summed E-state index contributed by atoms with van der Waals surface area (Å²) in [6.45, 7) is 7.43. The first-order valence-electron chi connectivity index (χ1n) is 11.0. The maximum atomic E-state index is 13.7. The van der Waals surface area contributed by atoms with Gasteiger partial charge in [0.05, 0.1) is 29.6 Å². The molecule has 6 nitrogen and oxygen atoms in total. The molecule has 1 aliphatic heterocycles. The van der Waals surface area contributed by atoms with Crippen molar-refractivity contribution in [1.29, 1.82) is 0 Å². The Hall–Kier alpha value is -2.86. The van der Waals surface area contributed by atoms with Crippen molar-refractivity contribution in [2.45, 2.75) is 51.1 Å². The number of methoxy groups -OCH3 is 1. The van der Waals surface area contributed by atoms with Crippen molar-refractivity contribution in [2.24, 2.45) is 0 Å². The van der Waals surface area contributed by atoms with Crippen molar-refractivity contribution in [3.05, 3.63) is 59.9 Å². The Morgan fingerprint density at radius 1 is 1.10 bits per heavy atom. The monoisotopic (exact) mass is 421 g/mol. The van der Waals surface area contributed by atoms with Crippen LogP contribution in [0.25, 0.3) is 11.0 Å². The molecule has 0 spiro atoms. The number of carbonyl (C=O) groups excluding carboxylic acids is 1. The number of aromatic nitrogens is 2. The van der Waals surface area contributed by atoms with E-state index >= 15 is 0 Å². The Bertz CT molecular complexity index is 1050. The molecule has 3 aromatic rings. The van der Waals surface area contributed by atoms with Crippen LogP contribution in [-0.2, 0) is 14.9 Å². The number of rotatable bonds is 6. The van der Waals surface area contributed by atoms with Crippen molar-refractivity contribution < 1.29 is 14.3 Å². The number of para-hydroxylation sites is 2. The van der Waals surface area contributed by atoms with Gasteiger partial charge in [-0.15, -0.1) is 0 Å². The number of nitrogens with zero attached hydrogens (tertiary/aromatic N) is 2. The maximum absolute atomic E-state index is 13.7. The third kappa shape index (κ3) is 3.92. The van der Waals surface area contributed by atoms with Crippen LogP contribution < -0.4 is 10.1 Å². The van der Waals surface area contributed by atoms with Crippen LogP contribution in [0.1, 0.15) is 57.1 Å². The minimum absolute atomic E-state index is 0.0239. The molecule has 0 saturated carbocycles. The van der Waals surface area contributed by atoms with Gasteiger partial charge in [0, 0.05) is 19.3 Å². The largest absolute Gasteiger partial charge is 0.497 e. The number of fused-ring (bicyclic) bond motifs is 1. The first kappa shape index (κ1) is 21.4. The molecule has 1 unspecified atom stereocenters. The Kier molecular flexibility index (Phi) is 6.01. The van der Waals surface area contributed by atoms with E-state index in [9.17, 15) is 4.79 Å². The quantitative estimate of drug-likeness (QED) is 0.634. The lowest BCUT2D eigenvalue weighted by molar-refractivity contribution is -0.131. The first-order chi connectivity index (χ1) is 15.0. The van der Waals surface area contributed by atoms with Gasteiger partial charge in [-0.1, -0.05) is 24.3 Å². The molecule has 164 valence electrons. The van der Waals surface area contributed by atoms with Crippen LogP contribution in [0, 0.1) is 0 Å². The van der Waals surface area contributed by atoms with Crippen LogP contribution in [0.3, 0.4) is 0 Å². The van der Waals surface area contributed by atoms with Crippen LogP contribution in [0.4, 0.5) is 0 Å². The smallest absolute Gasteiger partial charge is 0.231 e. The zero-order chi connectivity index (χ0) is 22.0. The highest BCUT2D eigenvalue weighted by Gasteiger charge is 2.42. The number of nitrogens with one attached hydrogen (secondary N) is 1. The van der Waals surface area contributed by atoms with Gasteiger partial charge in [-0.25, -0.2) is 4.98 Å². The lowest BCUT2D eigenvalue weighted by atomic mass is 9.73. The summed E-state index contributed by atoms with van der Waals surface area (Å²) in [5.41, 5.74) is 2.42. The van der Waals surface area contributed by atoms with Gasteiger partial charge in [0.15, 0.2) is 0 Å². The van der Waals surface area contributed by atoms with Gasteiger partial charge < -0.3 is 19.4 Å². The fourth-order valence-corrected chi connectivity index (χ4v) is 4.59. The molecule has 2 aromatic carbocycles. The molecule has 0 bridgehead atoms. The van der Waals surface area contributed by atoms with E-state index in [-0.39, 0.29) is 18.0 Å². The second kappa shape index (κ2) is 8.71. The molecular formula is C25H31N3O3. The van der Waals surface area contributed by atoms with Gasteiger partial charge in [-0.3, -0.25) is 4.79 Å². The topological polar surface area (TPSA) is 65.4 Å². The molecular weight excluding hydrogens is 390 g/mol. The molecule has 1 saturated heterocycles. The highest BCUT2D eigenvalue weighted by molar-refractivity contribution is 5.89. The molecule has 2 heterocycles. The maximum Gasteiger partial charge on any atom is 0.231 e. The molecule has 1 amide bonds. The Morgan fingerprint density at radius 3 is 2.42 bits per heavy atom. The number of hydrogen-bond acceptors (Lipinski definition) is 4. The number of benzene rings is 2. The number of ether oxygens (including phenoxy) is 2. The minimum Gasteiger partial charge on any atom is -0.497 e. The molecule has 6 heteroatoms. The number of amides is 1. The summed E-state index contributed by atoms with van der Waals surface area (Å²) in [4.78, 5) is 18.6. The van der Waals surface area contributed by atoms with E-state index in [0.717, 1.165) is 28.2 Å². The highest BCUT2D eigenvalue weighted by atomic mass is 16.5. The molecule has 1 N–H and O–H groups in total. The lowest BCUT2D eigenvalue weighted by Gasteiger charge is -2.37. The van der Waals surface area contributed by atoms with Crippen LogP contribution >= 0.6 is 0 Å². The third-order valence-electron chi connectivity index (χ3n) is 6.30. The summed E-state index contributed by atoms with van der Waals surface area (Å²) < 4.78 is 13.1. The van der Waals surface area contributed by atoms with Crippen LogP contribution in [-0.4, -0.2) is 35.8 Å². The van der Waals surface area contributed by atoms with Gasteiger partial charge in [-0.05, 0) is 63.4 Å². The van der Waals surface area contributed by atoms with Crippen LogP contribution in [0.2, 0.25) is 0 Å². The fourth-order valence-electron chi connectivity index (χ4n) is 4.59. The Morgan fingerprint density at radius 2 is 1.77 bits per heavy atom. The first-order valence-corrected chi connectivity index (χ1v) is 11.0. The summed E-state index contributed by atoms with van der Waals surface area (Å²) in [6.07, 6.45) is 1.30. The van der Waals surface area contributed by atoms with Crippen molar-refractivity contribution in [3.8, 4) is 5.75 Å². The second-order valence-corrected chi connectivity index (χ2v) is 8.54. The number of hydrogen-bond donors (Lipinski definition) is 1. The molecule has 0 radical (unpaired) electrons.